The van der Waals surface area contributed by atoms with Gasteiger partial charge in [-0.1, -0.05) is 29.3 Å². The Morgan fingerprint density at radius 2 is 1.85 bits per heavy atom. The molecule has 4 aromatic rings. The van der Waals surface area contributed by atoms with Crippen molar-refractivity contribution in [3.63, 3.8) is 0 Å². The lowest BCUT2D eigenvalue weighted by atomic mass is 10.2. The summed E-state index contributed by atoms with van der Waals surface area (Å²) in [4.78, 5) is 20.4. The molecule has 4 rings (SSSR count). The molecule has 0 amide bonds. The first-order valence-electron chi connectivity index (χ1n) is 7.63. The number of aliphatic hydroxyl groups excluding tert-OH is 1. The van der Waals surface area contributed by atoms with E-state index in [0.717, 1.165) is 5.52 Å². The first kappa shape index (κ1) is 16.7. The van der Waals surface area contributed by atoms with Crippen LogP contribution in [0, 0.1) is 0 Å². The molecule has 0 radical (unpaired) electrons. The molecular weight excluding hydrogens is 375 g/mol. The average molecular weight is 387 g/mol. The van der Waals surface area contributed by atoms with Crippen LogP contribution in [0.1, 0.15) is 5.69 Å². The number of benzene rings is 1. The van der Waals surface area contributed by atoms with E-state index >= 15 is 0 Å². The van der Waals surface area contributed by atoms with Crippen molar-refractivity contribution in [3.8, 4) is 11.4 Å². The molecule has 0 aliphatic carbocycles. The van der Waals surface area contributed by atoms with Gasteiger partial charge in [-0.05, 0) is 18.2 Å². The lowest BCUT2D eigenvalue weighted by Crippen LogP contribution is -1.99. The van der Waals surface area contributed by atoms with Gasteiger partial charge in [0.15, 0.2) is 5.82 Å². The van der Waals surface area contributed by atoms with Gasteiger partial charge in [-0.3, -0.25) is 4.98 Å². The lowest BCUT2D eigenvalue weighted by Gasteiger charge is -2.05. The number of fused-ring (bicyclic) bond motifs is 1. The van der Waals surface area contributed by atoms with E-state index in [1.807, 2.05) is 6.07 Å². The summed E-state index contributed by atoms with van der Waals surface area (Å²) in [5, 5.41) is 13.1. The lowest BCUT2D eigenvalue weighted by molar-refractivity contribution is 0.276. The number of hydrogen-bond donors (Lipinski definition) is 3. The van der Waals surface area contributed by atoms with Crippen LogP contribution in [-0.2, 0) is 6.61 Å². The third-order valence-corrected chi connectivity index (χ3v) is 4.34. The highest BCUT2D eigenvalue weighted by molar-refractivity contribution is 6.39. The molecular formula is C17H12Cl2N6O. The predicted molar refractivity (Wildman–Crippen MR) is 101 cm³/mol. The van der Waals surface area contributed by atoms with Gasteiger partial charge in [0.2, 0.25) is 0 Å². The molecule has 7 nitrogen and oxygen atoms in total. The first-order valence-corrected chi connectivity index (χ1v) is 8.39. The predicted octanol–water partition coefficient (Wildman–Crippen LogP) is 3.96. The number of aromatic nitrogens is 5. The monoisotopic (exact) mass is 386 g/mol. The van der Waals surface area contributed by atoms with Crippen molar-refractivity contribution in [1.82, 2.24) is 24.9 Å². The highest BCUT2D eigenvalue weighted by Crippen LogP contribution is 2.34. The number of rotatable bonds is 4. The third kappa shape index (κ3) is 3.08. The van der Waals surface area contributed by atoms with Crippen LogP contribution < -0.4 is 5.32 Å². The smallest absolute Gasteiger partial charge is 0.159 e. The molecule has 0 bridgehead atoms. The van der Waals surface area contributed by atoms with Crippen LogP contribution in [0.4, 0.5) is 11.6 Å². The van der Waals surface area contributed by atoms with Crippen LogP contribution in [0.3, 0.4) is 0 Å². The SMILES string of the molecule is OCc1cnc(Nc2nccc3[nH]c(-c4c(Cl)cccc4Cl)nc23)cn1. The van der Waals surface area contributed by atoms with Crippen molar-refractivity contribution in [2.45, 2.75) is 6.61 Å². The number of imidazole rings is 1. The van der Waals surface area contributed by atoms with E-state index in [0.29, 0.717) is 44.3 Å². The maximum atomic E-state index is 9.04. The van der Waals surface area contributed by atoms with Gasteiger partial charge in [0.25, 0.3) is 0 Å². The van der Waals surface area contributed by atoms with E-state index in [1.165, 1.54) is 12.4 Å². The van der Waals surface area contributed by atoms with E-state index in [2.05, 4.69) is 30.2 Å². The fourth-order valence-electron chi connectivity index (χ4n) is 2.49. The normalized spacial score (nSPS) is 11.0. The maximum absolute atomic E-state index is 9.04. The van der Waals surface area contributed by atoms with Crippen molar-refractivity contribution >= 4 is 45.9 Å². The Kier molecular flexibility index (Phi) is 4.42. The highest BCUT2D eigenvalue weighted by atomic mass is 35.5. The quantitative estimate of drug-likeness (QED) is 0.490. The molecule has 3 aromatic heterocycles. The molecule has 0 saturated heterocycles. The van der Waals surface area contributed by atoms with Gasteiger partial charge in [-0.15, -0.1) is 0 Å². The largest absolute Gasteiger partial charge is 0.390 e. The Labute approximate surface area is 158 Å². The summed E-state index contributed by atoms with van der Waals surface area (Å²) in [5.41, 5.74) is 2.50. The van der Waals surface area contributed by atoms with Crippen LogP contribution in [0.2, 0.25) is 10.0 Å². The molecule has 3 N–H and O–H groups in total. The van der Waals surface area contributed by atoms with Gasteiger partial charge < -0.3 is 15.4 Å². The van der Waals surface area contributed by atoms with Gasteiger partial charge in [0.1, 0.15) is 17.2 Å². The van der Waals surface area contributed by atoms with Gasteiger partial charge >= 0.3 is 0 Å². The third-order valence-electron chi connectivity index (χ3n) is 3.71. The van der Waals surface area contributed by atoms with Crippen molar-refractivity contribution in [3.05, 3.63) is 58.6 Å². The van der Waals surface area contributed by atoms with Crippen LogP contribution in [-0.4, -0.2) is 30.0 Å². The number of aromatic amines is 1. The van der Waals surface area contributed by atoms with Crippen molar-refractivity contribution < 1.29 is 5.11 Å². The van der Waals surface area contributed by atoms with E-state index in [-0.39, 0.29) is 6.61 Å². The molecule has 0 spiro atoms. The van der Waals surface area contributed by atoms with E-state index < -0.39 is 0 Å². The summed E-state index contributed by atoms with van der Waals surface area (Å²) in [5.74, 6) is 1.55. The van der Waals surface area contributed by atoms with Crippen LogP contribution in [0.5, 0.6) is 0 Å². The molecule has 9 heteroatoms. The van der Waals surface area contributed by atoms with Crippen molar-refractivity contribution in [2.75, 3.05) is 5.32 Å². The Hall–Kier alpha value is -2.74. The molecule has 130 valence electrons. The zero-order valence-electron chi connectivity index (χ0n) is 13.2. The fraction of sp³-hybridized carbons (Fsp3) is 0.0588. The minimum absolute atomic E-state index is 0.164. The second-order valence-electron chi connectivity index (χ2n) is 5.41. The minimum atomic E-state index is -0.164. The molecule has 0 unspecified atom stereocenters. The van der Waals surface area contributed by atoms with Gasteiger partial charge in [-0.2, -0.15) is 0 Å². The summed E-state index contributed by atoms with van der Waals surface area (Å²) >= 11 is 12.6. The number of pyridine rings is 1. The summed E-state index contributed by atoms with van der Waals surface area (Å²) in [6, 6.07) is 7.10. The van der Waals surface area contributed by atoms with E-state index in [1.54, 1.807) is 24.4 Å². The molecule has 0 aliphatic rings. The number of hydrogen-bond acceptors (Lipinski definition) is 6. The average Bonchev–Trinajstić information content (AvgIpc) is 3.07. The molecule has 1 aromatic carbocycles. The highest BCUT2D eigenvalue weighted by Gasteiger charge is 2.15. The summed E-state index contributed by atoms with van der Waals surface area (Å²) in [6.07, 6.45) is 4.66. The molecule has 0 saturated carbocycles. The Bertz CT molecular complexity index is 1060. The van der Waals surface area contributed by atoms with Crippen LogP contribution in [0.25, 0.3) is 22.4 Å². The molecule has 26 heavy (non-hydrogen) atoms. The number of halogens is 2. The maximum Gasteiger partial charge on any atom is 0.159 e. The number of anilines is 2. The van der Waals surface area contributed by atoms with Gasteiger partial charge in [0, 0.05) is 6.20 Å². The summed E-state index contributed by atoms with van der Waals surface area (Å²) < 4.78 is 0. The summed E-state index contributed by atoms with van der Waals surface area (Å²) in [7, 11) is 0. The zero-order chi connectivity index (χ0) is 18.1. The van der Waals surface area contributed by atoms with E-state index in [4.69, 9.17) is 28.3 Å². The van der Waals surface area contributed by atoms with Crippen molar-refractivity contribution in [2.24, 2.45) is 0 Å². The number of aliphatic hydroxyl groups is 1. The van der Waals surface area contributed by atoms with Crippen molar-refractivity contribution in [1.29, 1.82) is 0 Å². The number of nitrogens with zero attached hydrogens (tertiary/aromatic N) is 4. The molecule has 0 aliphatic heterocycles. The van der Waals surface area contributed by atoms with E-state index in [9.17, 15) is 0 Å². The Morgan fingerprint density at radius 3 is 2.54 bits per heavy atom. The summed E-state index contributed by atoms with van der Waals surface area (Å²) in [6.45, 7) is -0.164. The zero-order valence-corrected chi connectivity index (χ0v) is 14.8. The Morgan fingerprint density at radius 1 is 1.04 bits per heavy atom. The second kappa shape index (κ2) is 6.87. The van der Waals surface area contributed by atoms with Gasteiger partial charge in [0.05, 0.1) is 45.8 Å². The number of H-pyrrole nitrogens is 1. The van der Waals surface area contributed by atoms with Crippen LogP contribution in [0.15, 0.2) is 42.9 Å². The topological polar surface area (TPSA) is 99.6 Å². The standard InChI is InChI=1S/C17H12Cl2N6O/c18-10-2-1-3-11(19)14(10)16-23-12-4-5-20-17(15(12)25-16)24-13-7-21-9(8-26)6-22-13/h1-7,26H,8H2,(H,23,25)(H,20,22,24). The minimum Gasteiger partial charge on any atom is -0.390 e. The fourth-order valence-corrected chi connectivity index (χ4v) is 3.07. The Balaban J connectivity index is 1.76. The first-order chi connectivity index (χ1) is 12.7. The van der Waals surface area contributed by atoms with Gasteiger partial charge in [-0.25, -0.2) is 15.0 Å². The second-order valence-corrected chi connectivity index (χ2v) is 6.23. The van der Waals surface area contributed by atoms with Crippen LogP contribution >= 0.6 is 23.2 Å². The molecule has 0 fully saturated rings. The number of nitrogens with one attached hydrogen (secondary N) is 2. The molecule has 3 heterocycles. The molecule has 0 atom stereocenters.